The molecule has 1 heterocycles. The van der Waals surface area contributed by atoms with Crippen LogP contribution in [0.15, 0.2) is 28.7 Å². The minimum atomic E-state index is 0.540. The lowest BCUT2D eigenvalue weighted by Crippen LogP contribution is -2.43. The van der Waals surface area contributed by atoms with Crippen LogP contribution in [0, 0.1) is 0 Å². The monoisotopic (exact) mass is 239 g/mol. The average Bonchev–Trinajstić information content (AvgIpc) is 2.06. The fourth-order valence-corrected chi connectivity index (χ4v) is 1.81. The Morgan fingerprint density at radius 2 is 1.92 bits per heavy atom. The van der Waals surface area contributed by atoms with Gasteiger partial charge < -0.3 is 4.90 Å². The van der Waals surface area contributed by atoms with Crippen molar-refractivity contribution in [3.05, 3.63) is 34.3 Å². The van der Waals surface area contributed by atoms with Gasteiger partial charge in [-0.05, 0) is 17.7 Å². The number of hydrogen-bond acceptors (Lipinski definition) is 1. The number of benzene rings is 1. The molecule has 0 aromatic heterocycles. The Bertz CT molecular complexity index is 303. The van der Waals surface area contributed by atoms with E-state index >= 15 is 0 Å². The molecule has 0 bridgehead atoms. The lowest BCUT2D eigenvalue weighted by molar-refractivity contribution is -0.122. The Morgan fingerprint density at radius 3 is 2.46 bits per heavy atom. The average molecular weight is 240 g/mol. The van der Waals surface area contributed by atoms with Gasteiger partial charge in [0.2, 0.25) is 6.41 Å². The number of nitrogens with zero attached hydrogens (tertiary/aromatic N) is 1. The first kappa shape index (κ1) is 8.75. The molecule has 0 radical (unpaired) electrons. The van der Waals surface area contributed by atoms with Crippen molar-refractivity contribution in [3.8, 4) is 0 Å². The van der Waals surface area contributed by atoms with Crippen molar-refractivity contribution in [1.82, 2.24) is 4.90 Å². The van der Waals surface area contributed by atoms with Gasteiger partial charge in [0.15, 0.2) is 0 Å². The zero-order chi connectivity index (χ0) is 9.26. The molecule has 68 valence electrons. The lowest BCUT2D eigenvalue weighted by atomic mass is 9.92. The molecule has 0 saturated carbocycles. The zero-order valence-corrected chi connectivity index (χ0v) is 8.70. The van der Waals surface area contributed by atoms with E-state index in [1.54, 1.807) is 4.90 Å². The summed E-state index contributed by atoms with van der Waals surface area (Å²) in [6.45, 7) is 1.73. The van der Waals surface area contributed by atoms with Gasteiger partial charge in [0.25, 0.3) is 0 Å². The molecule has 0 spiro atoms. The van der Waals surface area contributed by atoms with Gasteiger partial charge in [0.1, 0.15) is 0 Å². The van der Waals surface area contributed by atoms with E-state index in [4.69, 9.17) is 0 Å². The number of hydrogen-bond donors (Lipinski definition) is 0. The third-order valence-electron chi connectivity index (χ3n) is 2.40. The maximum absolute atomic E-state index is 10.3. The maximum atomic E-state index is 10.3. The molecular formula is C10H10BrNO. The predicted molar refractivity (Wildman–Crippen MR) is 54.5 cm³/mol. The highest BCUT2D eigenvalue weighted by Gasteiger charge is 2.26. The van der Waals surface area contributed by atoms with Gasteiger partial charge in [-0.25, -0.2) is 0 Å². The molecule has 1 aromatic carbocycles. The predicted octanol–water partition coefficient (Wildman–Crippen LogP) is 2.00. The molecule has 1 aliphatic heterocycles. The van der Waals surface area contributed by atoms with Crippen LogP contribution in [-0.2, 0) is 4.79 Å². The molecule has 1 amide bonds. The Morgan fingerprint density at radius 1 is 1.31 bits per heavy atom. The van der Waals surface area contributed by atoms with Crippen LogP contribution in [0.1, 0.15) is 11.5 Å². The quantitative estimate of drug-likeness (QED) is 0.724. The highest BCUT2D eigenvalue weighted by molar-refractivity contribution is 9.10. The highest BCUT2D eigenvalue weighted by atomic mass is 79.9. The molecule has 13 heavy (non-hydrogen) atoms. The summed E-state index contributed by atoms with van der Waals surface area (Å²) in [5.41, 5.74) is 1.32. The first-order valence-corrected chi connectivity index (χ1v) is 5.03. The summed E-state index contributed by atoms with van der Waals surface area (Å²) in [4.78, 5) is 12.1. The van der Waals surface area contributed by atoms with Crippen molar-refractivity contribution in [3.63, 3.8) is 0 Å². The molecule has 1 aliphatic rings. The Hall–Kier alpha value is -0.830. The number of rotatable bonds is 2. The van der Waals surface area contributed by atoms with Gasteiger partial charge in [0, 0.05) is 23.5 Å². The Kier molecular flexibility index (Phi) is 2.36. The van der Waals surface area contributed by atoms with Crippen LogP contribution >= 0.6 is 15.9 Å². The summed E-state index contributed by atoms with van der Waals surface area (Å²) in [5.74, 6) is 0.540. The van der Waals surface area contributed by atoms with E-state index in [1.807, 2.05) is 12.1 Å². The van der Waals surface area contributed by atoms with Crippen LogP contribution in [0.5, 0.6) is 0 Å². The third-order valence-corrected chi connectivity index (χ3v) is 2.93. The van der Waals surface area contributed by atoms with E-state index < -0.39 is 0 Å². The van der Waals surface area contributed by atoms with E-state index in [0.29, 0.717) is 5.92 Å². The number of carbonyl (C=O) groups excluding carboxylic acids is 1. The molecule has 1 fully saturated rings. The molecule has 3 heteroatoms. The van der Waals surface area contributed by atoms with Crippen LogP contribution in [0.3, 0.4) is 0 Å². The van der Waals surface area contributed by atoms with Gasteiger partial charge >= 0.3 is 0 Å². The van der Waals surface area contributed by atoms with Crippen LogP contribution in [-0.4, -0.2) is 24.4 Å². The summed E-state index contributed by atoms with van der Waals surface area (Å²) >= 11 is 3.39. The topological polar surface area (TPSA) is 20.3 Å². The van der Waals surface area contributed by atoms with E-state index in [2.05, 4.69) is 28.1 Å². The SMILES string of the molecule is O=CN1CC(c2ccc(Br)cc2)C1. The van der Waals surface area contributed by atoms with Crippen LogP contribution < -0.4 is 0 Å². The molecule has 2 rings (SSSR count). The molecule has 1 aromatic rings. The summed E-state index contributed by atoms with van der Waals surface area (Å²) in [7, 11) is 0. The maximum Gasteiger partial charge on any atom is 0.209 e. The largest absolute Gasteiger partial charge is 0.344 e. The summed E-state index contributed by atoms with van der Waals surface area (Å²) in [6.07, 6.45) is 0.912. The first-order chi connectivity index (χ1) is 6.29. The van der Waals surface area contributed by atoms with E-state index in [9.17, 15) is 4.79 Å². The van der Waals surface area contributed by atoms with Gasteiger partial charge in [0.05, 0.1) is 0 Å². The number of amides is 1. The Balaban J connectivity index is 2.03. The smallest absolute Gasteiger partial charge is 0.209 e. The van der Waals surface area contributed by atoms with Crippen LogP contribution in [0.25, 0.3) is 0 Å². The molecule has 1 saturated heterocycles. The standard InChI is InChI=1S/C10H10BrNO/c11-10-3-1-8(2-4-10)9-5-12(6-9)7-13/h1-4,7,9H,5-6H2. The highest BCUT2D eigenvalue weighted by Crippen LogP contribution is 2.26. The molecule has 0 N–H and O–H groups in total. The second-order valence-corrected chi connectivity index (χ2v) is 4.22. The van der Waals surface area contributed by atoms with E-state index in [0.717, 1.165) is 24.0 Å². The van der Waals surface area contributed by atoms with Gasteiger partial charge in [-0.1, -0.05) is 28.1 Å². The molecule has 0 unspecified atom stereocenters. The van der Waals surface area contributed by atoms with Crippen molar-refractivity contribution in [1.29, 1.82) is 0 Å². The fourth-order valence-electron chi connectivity index (χ4n) is 1.54. The summed E-state index contributed by atoms with van der Waals surface area (Å²) in [5, 5.41) is 0. The number of likely N-dealkylation sites (tertiary alicyclic amines) is 1. The number of carbonyl (C=O) groups is 1. The van der Waals surface area contributed by atoms with Crippen LogP contribution in [0.2, 0.25) is 0 Å². The lowest BCUT2D eigenvalue weighted by Gasteiger charge is -2.36. The summed E-state index contributed by atoms with van der Waals surface area (Å²) in [6, 6.07) is 8.30. The third kappa shape index (κ3) is 1.75. The molecular weight excluding hydrogens is 230 g/mol. The fraction of sp³-hybridized carbons (Fsp3) is 0.300. The first-order valence-electron chi connectivity index (χ1n) is 4.24. The second-order valence-electron chi connectivity index (χ2n) is 3.31. The van der Waals surface area contributed by atoms with Gasteiger partial charge in [-0.2, -0.15) is 0 Å². The van der Waals surface area contributed by atoms with E-state index in [1.165, 1.54) is 5.56 Å². The van der Waals surface area contributed by atoms with Crippen molar-refractivity contribution in [2.75, 3.05) is 13.1 Å². The Labute approximate surface area is 85.7 Å². The van der Waals surface area contributed by atoms with Crippen molar-refractivity contribution >= 4 is 22.3 Å². The van der Waals surface area contributed by atoms with E-state index in [-0.39, 0.29) is 0 Å². The summed E-state index contributed by atoms with van der Waals surface area (Å²) < 4.78 is 1.10. The van der Waals surface area contributed by atoms with Gasteiger partial charge in [-0.3, -0.25) is 4.79 Å². The minimum absolute atomic E-state index is 0.540. The van der Waals surface area contributed by atoms with Crippen molar-refractivity contribution in [2.45, 2.75) is 5.92 Å². The van der Waals surface area contributed by atoms with Crippen molar-refractivity contribution < 1.29 is 4.79 Å². The van der Waals surface area contributed by atoms with Crippen molar-refractivity contribution in [2.24, 2.45) is 0 Å². The molecule has 2 nitrogen and oxygen atoms in total. The van der Waals surface area contributed by atoms with Gasteiger partial charge in [-0.15, -0.1) is 0 Å². The number of halogens is 1. The normalized spacial score (nSPS) is 16.8. The minimum Gasteiger partial charge on any atom is -0.344 e. The molecule has 0 aliphatic carbocycles. The zero-order valence-electron chi connectivity index (χ0n) is 7.11. The van der Waals surface area contributed by atoms with Crippen LogP contribution in [0.4, 0.5) is 0 Å². The molecule has 0 atom stereocenters. The second kappa shape index (κ2) is 3.50.